The van der Waals surface area contributed by atoms with Crippen LogP contribution in [0.15, 0.2) is 42.5 Å². The van der Waals surface area contributed by atoms with E-state index in [9.17, 15) is 14.7 Å². The van der Waals surface area contributed by atoms with Gasteiger partial charge in [-0.25, -0.2) is 0 Å². The van der Waals surface area contributed by atoms with Crippen molar-refractivity contribution in [1.82, 2.24) is 0 Å². The number of methoxy groups -OCH3 is 2. The molecule has 0 radical (unpaired) electrons. The zero-order valence-corrected chi connectivity index (χ0v) is 43.3. The monoisotopic (exact) mass is 899 g/mol. The molecule has 1 aliphatic heterocycles. The maximum Gasteiger partial charge on any atom is 0.324 e. The number of esters is 2. The number of aliphatic hydroxyl groups is 1. The fourth-order valence-corrected chi connectivity index (χ4v) is 9.17. The Labute approximate surface area is 391 Å². The van der Waals surface area contributed by atoms with Gasteiger partial charge in [0, 0.05) is 37.2 Å². The molecule has 1 heterocycles. The van der Waals surface area contributed by atoms with Gasteiger partial charge in [-0.2, -0.15) is 0 Å². The lowest BCUT2D eigenvalue weighted by Gasteiger charge is -2.30. The summed E-state index contributed by atoms with van der Waals surface area (Å²) in [6, 6.07) is 14.0. The second-order valence-corrected chi connectivity index (χ2v) is 17.5. The first kappa shape index (κ1) is 59.0. The summed E-state index contributed by atoms with van der Waals surface area (Å²) in [7, 11) is 3.39. The molecule has 2 aromatic carbocycles. The number of rotatable bonds is 20. The van der Waals surface area contributed by atoms with Crippen LogP contribution >= 0.6 is 0 Å². The number of unbranched alkanes of at least 4 members (excludes halogenated alkanes) is 2. The minimum Gasteiger partial charge on any atom is -0.489 e. The molecule has 3 fully saturated rings. The Kier molecular flexibility index (Phi) is 30.1. The molecule has 5 rings (SSSR count). The summed E-state index contributed by atoms with van der Waals surface area (Å²) in [5.74, 6) is -0.368. The van der Waals surface area contributed by atoms with Crippen LogP contribution in [0.2, 0.25) is 0 Å². The minimum atomic E-state index is -1.45. The second-order valence-electron chi connectivity index (χ2n) is 17.5. The van der Waals surface area contributed by atoms with E-state index in [1.165, 1.54) is 50.5 Å². The molecule has 3 aliphatic rings. The molecule has 1 N–H and O–H groups in total. The highest BCUT2D eigenvalue weighted by Crippen LogP contribution is 2.55. The van der Waals surface area contributed by atoms with E-state index >= 15 is 0 Å². The predicted molar refractivity (Wildman–Crippen MR) is 263 cm³/mol. The van der Waals surface area contributed by atoms with Gasteiger partial charge in [0.2, 0.25) is 0 Å². The molecule has 2 aliphatic carbocycles. The van der Waals surface area contributed by atoms with Crippen LogP contribution in [0.3, 0.4) is 0 Å². The van der Waals surface area contributed by atoms with Crippen molar-refractivity contribution in [3.05, 3.63) is 64.7 Å². The highest BCUT2D eigenvalue weighted by molar-refractivity contribution is 6.02. The summed E-state index contributed by atoms with van der Waals surface area (Å²) >= 11 is 0. The highest BCUT2D eigenvalue weighted by atomic mass is 16.6. The topological polar surface area (TPSA) is 110 Å². The quantitative estimate of drug-likeness (QED) is 0.0789. The summed E-state index contributed by atoms with van der Waals surface area (Å²) in [5.41, 5.74) is 2.44. The third kappa shape index (κ3) is 16.7. The molecule has 1 saturated heterocycles. The normalized spacial score (nSPS) is 22.4. The molecule has 0 aromatic heterocycles. The lowest BCUT2D eigenvalue weighted by molar-refractivity contribution is -0.173. The van der Waals surface area contributed by atoms with Crippen LogP contribution in [0.5, 0.6) is 5.75 Å². The Bertz CT molecular complexity index is 1490. The molecular formula is C55H94O9. The molecule has 2 saturated carbocycles. The van der Waals surface area contributed by atoms with Crippen molar-refractivity contribution in [2.24, 2.45) is 23.2 Å². The summed E-state index contributed by atoms with van der Waals surface area (Å²) in [5, 5.41) is 10.8. The van der Waals surface area contributed by atoms with Crippen LogP contribution in [0, 0.1) is 23.2 Å². The molecule has 9 nitrogen and oxygen atoms in total. The van der Waals surface area contributed by atoms with Gasteiger partial charge in [0.15, 0.2) is 17.8 Å². The van der Waals surface area contributed by atoms with Crippen molar-refractivity contribution in [2.45, 2.75) is 217 Å². The number of carbonyl (C=O) groups is 2. The van der Waals surface area contributed by atoms with E-state index < -0.39 is 41.8 Å². The molecule has 0 bridgehead atoms. The summed E-state index contributed by atoms with van der Waals surface area (Å²) in [4.78, 5) is 28.3. The number of benzene rings is 2. The van der Waals surface area contributed by atoms with E-state index in [2.05, 4.69) is 46.8 Å². The van der Waals surface area contributed by atoms with Crippen LogP contribution < -0.4 is 4.74 Å². The van der Waals surface area contributed by atoms with E-state index in [-0.39, 0.29) is 37.3 Å². The molecule has 9 unspecified atom stereocenters. The van der Waals surface area contributed by atoms with E-state index in [1.807, 2.05) is 85.7 Å². The van der Waals surface area contributed by atoms with Gasteiger partial charge in [0.25, 0.3) is 0 Å². The van der Waals surface area contributed by atoms with Crippen molar-refractivity contribution in [1.29, 1.82) is 0 Å². The molecular weight excluding hydrogens is 805 g/mol. The SMILES string of the molecule is CC.CC.CCC.CCCC(CC)C(O)OCC1OC(=O)C2(C(=O)OC(COc3c(C(C)OC)cc(C4CCCCC4)cc3C(C)OC)c3ccccc3)CC(C)CC12.CCCCC. The van der Waals surface area contributed by atoms with Crippen LogP contribution in [-0.4, -0.2) is 56.9 Å². The summed E-state index contributed by atoms with van der Waals surface area (Å²) in [6.45, 7) is 26.9. The Morgan fingerprint density at radius 1 is 0.859 bits per heavy atom. The number of carbonyl (C=O) groups excluding carboxylic acids is 2. The van der Waals surface area contributed by atoms with Gasteiger partial charge in [-0.3, -0.25) is 9.59 Å². The lowest BCUT2D eigenvalue weighted by atomic mass is 9.77. The van der Waals surface area contributed by atoms with Crippen molar-refractivity contribution < 1.29 is 43.1 Å². The van der Waals surface area contributed by atoms with Gasteiger partial charge in [-0.1, -0.05) is 158 Å². The average Bonchev–Trinajstić information content (AvgIpc) is 3.82. The molecule has 9 heteroatoms. The molecule has 64 heavy (non-hydrogen) atoms. The number of cyclic esters (lactones) is 1. The van der Waals surface area contributed by atoms with Gasteiger partial charge >= 0.3 is 11.9 Å². The number of hydrogen-bond donors (Lipinski definition) is 1. The molecule has 0 amide bonds. The lowest BCUT2D eigenvalue weighted by Crippen LogP contribution is -2.42. The zero-order valence-electron chi connectivity index (χ0n) is 43.3. The average molecular weight is 899 g/mol. The Balaban J connectivity index is 0.00000154. The zero-order chi connectivity index (χ0) is 48.2. The Hall–Kier alpha value is -2.98. The minimum absolute atomic E-state index is 0.00536. The number of hydrogen-bond acceptors (Lipinski definition) is 9. The molecule has 0 spiro atoms. The van der Waals surface area contributed by atoms with Crippen LogP contribution in [-0.2, 0) is 33.3 Å². The van der Waals surface area contributed by atoms with E-state index in [0.717, 1.165) is 48.8 Å². The number of ether oxygens (including phenoxy) is 6. The fourth-order valence-electron chi connectivity index (χ4n) is 9.17. The van der Waals surface area contributed by atoms with Crippen molar-refractivity contribution in [3.63, 3.8) is 0 Å². The maximum absolute atomic E-state index is 14.5. The fraction of sp³-hybridized carbons (Fsp3) is 0.745. The van der Waals surface area contributed by atoms with E-state index in [1.54, 1.807) is 14.2 Å². The second kappa shape index (κ2) is 32.7. The summed E-state index contributed by atoms with van der Waals surface area (Å²) in [6.07, 6.45) is 11.9. The molecule has 368 valence electrons. The third-order valence-corrected chi connectivity index (χ3v) is 12.7. The highest BCUT2D eigenvalue weighted by Gasteiger charge is 2.67. The van der Waals surface area contributed by atoms with Crippen LogP contribution in [0.25, 0.3) is 0 Å². The van der Waals surface area contributed by atoms with E-state index in [4.69, 9.17) is 28.4 Å². The first-order valence-electron chi connectivity index (χ1n) is 25.5. The third-order valence-electron chi connectivity index (χ3n) is 12.7. The summed E-state index contributed by atoms with van der Waals surface area (Å²) < 4.78 is 36.6. The first-order chi connectivity index (χ1) is 30.9. The standard InChI is InChI=1S/C43H62O9.C5H12.C3H8.2C2H6/c1-8-16-30(9-2)40(44)50-26-38-36-21-27(3)24-43(36,42(46)52-38)41(45)51-37(32-19-14-11-15-20-32)25-49-39-34(28(4)47-6)22-33(23-35(39)29(5)48-7)31-17-12-10-13-18-31;1-3-5-4-2;1-3-2;2*1-2/h11,14-15,19-20,22-23,27-31,36-38,40,44H,8-10,12-13,16-18,21,24-26H2,1-7H3;3-5H2,1-2H3;3H2,1-2H3;2*1-2H3. The predicted octanol–water partition coefficient (Wildman–Crippen LogP) is 14.6. The van der Waals surface area contributed by atoms with Gasteiger partial charge in [-0.15, -0.1) is 0 Å². The number of aliphatic hydroxyl groups excluding tert-OH is 1. The van der Waals surface area contributed by atoms with Gasteiger partial charge in [0.05, 0.1) is 18.8 Å². The smallest absolute Gasteiger partial charge is 0.324 e. The van der Waals surface area contributed by atoms with Crippen molar-refractivity contribution in [3.8, 4) is 5.75 Å². The largest absolute Gasteiger partial charge is 0.489 e. The van der Waals surface area contributed by atoms with Gasteiger partial charge < -0.3 is 33.5 Å². The van der Waals surface area contributed by atoms with Gasteiger partial charge in [-0.05, 0) is 87.5 Å². The van der Waals surface area contributed by atoms with Crippen LogP contribution in [0.1, 0.15) is 226 Å². The Morgan fingerprint density at radius 3 is 1.91 bits per heavy atom. The van der Waals surface area contributed by atoms with Gasteiger partial charge in [0.1, 0.15) is 18.5 Å². The maximum atomic E-state index is 14.5. The molecule has 2 aromatic rings. The van der Waals surface area contributed by atoms with Crippen LogP contribution in [0.4, 0.5) is 0 Å². The Morgan fingerprint density at radius 2 is 1.42 bits per heavy atom. The number of fused-ring (bicyclic) bond motifs is 1. The molecule has 9 atom stereocenters. The van der Waals surface area contributed by atoms with E-state index in [0.29, 0.717) is 24.5 Å². The van der Waals surface area contributed by atoms with Crippen molar-refractivity contribution >= 4 is 11.9 Å². The first-order valence-corrected chi connectivity index (χ1v) is 25.5. The van der Waals surface area contributed by atoms with Crippen molar-refractivity contribution in [2.75, 3.05) is 27.4 Å².